The summed E-state index contributed by atoms with van der Waals surface area (Å²) in [6.45, 7) is 17.7. The highest BCUT2D eigenvalue weighted by molar-refractivity contribution is 5.28. The van der Waals surface area contributed by atoms with Gasteiger partial charge in [0.15, 0.2) is 0 Å². The lowest BCUT2D eigenvalue weighted by atomic mass is 9.83. The fraction of sp³-hybridized carbons (Fsp3) is 0.556. The Morgan fingerprint density at radius 1 is 0.944 bits per heavy atom. The summed E-state index contributed by atoms with van der Waals surface area (Å²) in [5.41, 5.74) is 4.62. The van der Waals surface area contributed by atoms with Crippen molar-refractivity contribution in [3.63, 3.8) is 0 Å². The summed E-state index contributed by atoms with van der Waals surface area (Å²) in [6.07, 6.45) is 2.18. The predicted molar refractivity (Wildman–Crippen MR) is 82.1 cm³/mol. The number of benzene rings is 1. The Labute approximate surface area is 113 Å². The van der Waals surface area contributed by atoms with Crippen LogP contribution in [0.1, 0.15) is 59.1 Å². The van der Waals surface area contributed by atoms with Crippen LogP contribution in [-0.4, -0.2) is 0 Å². The van der Waals surface area contributed by atoms with Crippen LogP contribution < -0.4 is 0 Å². The minimum absolute atomic E-state index is 0.228. The van der Waals surface area contributed by atoms with Gasteiger partial charge in [0.05, 0.1) is 0 Å². The van der Waals surface area contributed by atoms with Crippen LogP contribution in [0.25, 0.3) is 0 Å². The molecule has 0 aliphatic rings. The van der Waals surface area contributed by atoms with Gasteiger partial charge in [-0.3, -0.25) is 0 Å². The third-order valence-corrected chi connectivity index (χ3v) is 3.60. The molecular formula is C18H28. The predicted octanol–water partition coefficient (Wildman–Crippen LogP) is 5.52. The summed E-state index contributed by atoms with van der Waals surface area (Å²) < 4.78 is 0. The monoisotopic (exact) mass is 244 g/mol. The fourth-order valence-corrected chi connectivity index (χ4v) is 1.84. The Bertz CT molecular complexity index is 393. The van der Waals surface area contributed by atoms with Crippen molar-refractivity contribution >= 4 is 0 Å². The topological polar surface area (TPSA) is 0 Å². The Balaban J connectivity index is 2.63. The second kappa shape index (κ2) is 5.30. The molecule has 0 unspecified atom stereocenters. The molecule has 0 aliphatic heterocycles. The van der Waals surface area contributed by atoms with Crippen LogP contribution in [-0.2, 0) is 11.8 Å². The van der Waals surface area contributed by atoms with E-state index in [1.807, 2.05) is 0 Å². The first-order chi connectivity index (χ1) is 8.10. The van der Waals surface area contributed by atoms with Crippen molar-refractivity contribution in [3.05, 3.63) is 47.5 Å². The standard InChI is InChI=1S/C18H28/c1-14(17(2,3)4)8-9-15-10-12-16(13-11-15)18(5,6)7/h10-13H,1,8-9H2,2-7H3. The first kappa shape index (κ1) is 15.0. The quantitative estimate of drug-likeness (QED) is 0.614. The van der Waals surface area contributed by atoms with E-state index in [9.17, 15) is 0 Å². The second-order valence-corrected chi connectivity index (χ2v) is 7.30. The first-order valence-electron chi connectivity index (χ1n) is 6.88. The van der Waals surface area contributed by atoms with Crippen molar-refractivity contribution < 1.29 is 0 Å². The van der Waals surface area contributed by atoms with Crippen molar-refractivity contribution in [1.82, 2.24) is 0 Å². The smallest absolute Gasteiger partial charge is 0.0132 e. The Morgan fingerprint density at radius 3 is 1.83 bits per heavy atom. The fourth-order valence-electron chi connectivity index (χ4n) is 1.84. The molecule has 0 spiro atoms. The van der Waals surface area contributed by atoms with E-state index in [0.29, 0.717) is 0 Å². The molecule has 0 saturated heterocycles. The van der Waals surface area contributed by atoms with Crippen LogP contribution in [0.2, 0.25) is 0 Å². The highest BCUT2D eigenvalue weighted by Gasteiger charge is 2.15. The number of rotatable bonds is 3. The summed E-state index contributed by atoms with van der Waals surface area (Å²) in [6, 6.07) is 9.04. The van der Waals surface area contributed by atoms with E-state index in [1.165, 1.54) is 16.7 Å². The van der Waals surface area contributed by atoms with Gasteiger partial charge in [0.25, 0.3) is 0 Å². The van der Waals surface area contributed by atoms with Gasteiger partial charge >= 0.3 is 0 Å². The van der Waals surface area contributed by atoms with Gasteiger partial charge in [-0.25, -0.2) is 0 Å². The summed E-state index contributed by atoms with van der Waals surface area (Å²) >= 11 is 0. The van der Waals surface area contributed by atoms with Crippen molar-refractivity contribution in [2.24, 2.45) is 5.41 Å². The van der Waals surface area contributed by atoms with Gasteiger partial charge in [-0.05, 0) is 34.8 Å². The Hall–Kier alpha value is -1.04. The summed E-state index contributed by atoms with van der Waals surface area (Å²) in [5.74, 6) is 0. The maximum absolute atomic E-state index is 4.20. The van der Waals surface area contributed by atoms with Crippen LogP contribution in [0, 0.1) is 5.41 Å². The van der Waals surface area contributed by atoms with Gasteiger partial charge in [-0.2, -0.15) is 0 Å². The molecule has 1 rings (SSSR count). The van der Waals surface area contributed by atoms with E-state index in [-0.39, 0.29) is 10.8 Å². The van der Waals surface area contributed by atoms with Gasteiger partial charge in [-0.15, -0.1) is 0 Å². The molecule has 0 heterocycles. The van der Waals surface area contributed by atoms with Crippen molar-refractivity contribution in [2.75, 3.05) is 0 Å². The lowest BCUT2D eigenvalue weighted by Gasteiger charge is -2.22. The van der Waals surface area contributed by atoms with E-state index in [1.54, 1.807) is 0 Å². The molecule has 0 nitrogen and oxygen atoms in total. The van der Waals surface area contributed by atoms with E-state index >= 15 is 0 Å². The lowest BCUT2D eigenvalue weighted by molar-refractivity contribution is 0.484. The molecule has 0 saturated carbocycles. The molecule has 1 aromatic carbocycles. The zero-order valence-corrected chi connectivity index (χ0v) is 12.9. The average Bonchev–Trinajstić information content (AvgIpc) is 2.24. The van der Waals surface area contributed by atoms with Gasteiger partial charge < -0.3 is 0 Å². The minimum Gasteiger partial charge on any atom is -0.0993 e. The molecule has 0 heteroatoms. The van der Waals surface area contributed by atoms with Crippen molar-refractivity contribution in [1.29, 1.82) is 0 Å². The molecule has 0 radical (unpaired) electrons. The third kappa shape index (κ3) is 4.33. The number of aryl methyl sites for hydroxylation is 1. The normalized spacial score (nSPS) is 12.6. The van der Waals surface area contributed by atoms with Crippen LogP contribution in [0.5, 0.6) is 0 Å². The average molecular weight is 244 g/mol. The van der Waals surface area contributed by atoms with Crippen molar-refractivity contribution in [3.8, 4) is 0 Å². The molecule has 0 amide bonds. The van der Waals surface area contributed by atoms with Crippen LogP contribution in [0.4, 0.5) is 0 Å². The zero-order chi connectivity index (χ0) is 14.0. The van der Waals surface area contributed by atoms with Gasteiger partial charge in [0, 0.05) is 0 Å². The second-order valence-electron chi connectivity index (χ2n) is 7.30. The molecule has 1 aromatic rings. The van der Waals surface area contributed by atoms with Crippen molar-refractivity contribution in [2.45, 2.75) is 59.8 Å². The summed E-state index contributed by atoms with van der Waals surface area (Å²) in [7, 11) is 0. The first-order valence-corrected chi connectivity index (χ1v) is 6.88. The highest BCUT2D eigenvalue weighted by atomic mass is 14.2. The molecule has 100 valence electrons. The van der Waals surface area contributed by atoms with E-state index in [2.05, 4.69) is 72.4 Å². The summed E-state index contributed by atoms with van der Waals surface area (Å²) in [5, 5.41) is 0. The number of hydrogen-bond acceptors (Lipinski definition) is 0. The lowest BCUT2D eigenvalue weighted by Crippen LogP contribution is -2.11. The molecule has 0 fully saturated rings. The molecule has 18 heavy (non-hydrogen) atoms. The van der Waals surface area contributed by atoms with Crippen LogP contribution in [0.15, 0.2) is 36.4 Å². The minimum atomic E-state index is 0.228. The zero-order valence-electron chi connectivity index (χ0n) is 12.9. The maximum atomic E-state index is 4.20. The van der Waals surface area contributed by atoms with Gasteiger partial charge in [-0.1, -0.05) is 78.0 Å². The van der Waals surface area contributed by atoms with E-state index in [0.717, 1.165) is 12.8 Å². The largest absolute Gasteiger partial charge is 0.0993 e. The molecule has 0 aliphatic carbocycles. The molecule has 0 bridgehead atoms. The molecular weight excluding hydrogens is 216 g/mol. The van der Waals surface area contributed by atoms with E-state index in [4.69, 9.17) is 0 Å². The van der Waals surface area contributed by atoms with Crippen LogP contribution >= 0.6 is 0 Å². The highest BCUT2D eigenvalue weighted by Crippen LogP contribution is 2.28. The Kier molecular flexibility index (Phi) is 4.42. The molecule has 0 atom stereocenters. The number of allylic oxidation sites excluding steroid dienone is 1. The van der Waals surface area contributed by atoms with Gasteiger partial charge in [0.1, 0.15) is 0 Å². The maximum Gasteiger partial charge on any atom is -0.0132 e. The van der Waals surface area contributed by atoms with Gasteiger partial charge in [0.2, 0.25) is 0 Å². The summed E-state index contributed by atoms with van der Waals surface area (Å²) in [4.78, 5) is 0. The Morgan fingerprint density at radius 2 is 1.44 bits per heavy atom. The SMILES string of the molecule is C=C(CCc1ccc(C(C)(C)C)cc1)C(C)(C)C. The number of hydrogen-bond donors (Lipinski definition) is 0. The molecule has 0 N–H and O–H groups in total. The molecule has 0 aromatic heterocycles. The van der Waals surface area contributed by atoms with E-state index < -0.39 is 0 Å². The van der Waals surface area contributed by atoms with Crippen LogP contribution in [0.3, 0.4) is 0 Å². The third-order valence-electron chi connectivity index (χ3n) is 3.60.